The van der Waals surface area contributed by atoms with Crippen molar-refractivity contribution in [2.75, 3.05) is 6.61 Å². The number of aliphatic hydroxyl groups excluding tert-OH is 1. The summed E-state index contributed by atoms with van der Waals surface area (Å²) in [6.45, 7) is 5.24. The number of hydrogen-bond acceptors (Lipinski definition) is 2. The van der Waals surface area contributed by atoms with Gasteiger partial charge in [0.2, 0.25) is 0 Å². The number of benzene rings is 1. The van der Waals surface area contributed by atoms with Crippen LogP contribution in [0.1, 0.15) is 49.5 Å². The Morgan fingerprint density at radius 1 is 1.39 bits per heavy atom. The van der Waals surface area contributed by atoms with Gasteiger partial charge in [-0.05, 0) is 36.3 Å². The van der Waals surface area contributed by atoms with Gasteiger partial charge < -0.3 is 9.84 Å². The number of halogens is 1. The molecule has 0 saturated heterocycles. The van der Waals surface area contributed by atoms with Crippen LogP contribution in [0.5, 0.6) is 5.75 Å². The molecule has 1 aliphatic heterocycles. The summed E-state index contributed by atoms with van der Waals surface area (Å²) in [5.74, 6) is 1.05. The summed E-state index contributed by atoms with van der Waals surface area (Å²) in [5, 5.41) is 10.5. The first-order valence-corrected chi connectivity index (χ1v) is 7.42. The molecule has 1 aliphatic carbocycles. The van der Waals surface area contributed by atoms with Gasteiger partial charge in [-0.25, -0.2) is 0 Å². The monoisotopic (exact) mass is 310 g/mol. The van der Waals surface area contributed by atoms with Crippen molar-refractivity contribution in [1.29, 1.82) is 0 Å². The molecular weight excluding hydrogens is 292 g/mol. The van der Waals surface area contributed by atoms with Crippen molar-refractivity contribution >= 4 is 15.9 Å². The Hall–Kier alpha value is -0.540. The fourth-order valence-corrected chi connectivity index (χ4v) is 3.96. The van der Waals surface area contributed by atoms with Crippen molar-refractivity contribution in [2.45, 2.75) is 45.6 Å². The number of fused-ring (bicyclic) bond motifs is 3. The van der Waals surface area contributed by atoms with Gasteiger partial charge in [-0.15, -0.1) is 0 Å². The molecule has 1 unspecified atom stereocenters. The van der Waals surface area contributed by atoms with Crippen molar-refractivity contribution < 1.29 is 9.84 Å². The zero-order valence-corrected chi connectivity index (χ0v) is 12.5. The molecule has 98 valence electrons. The Bertz CT molecular complexity index is 494. The molecule has 3 rings (SSSR count). The highest BCUT2D eigenvalue weighted by molar-refractivity contribution is 9.10. The van der Waals surface area contributed by atoms with Gasteiger partial charge in [0.15, 0.2) is 0 Å². The Morgan fingerprint density at radius 3 is 2.94 bits per heavy atom. The van der Waals surface area contributed by atoms with Crippen LogP contribution in [0.25, 0.3) is 0 Å². The molecule has 0 saturated carbocycles. The standard InChI is InChI=1S/C15H19BrO2/c1-15(2)5-3-10-13(12(17)8-15)11(16)7-9-4-6-18-14(9)10/h7,12,17H,3-6,8H2,1-2H3. The van der Waals surface area contributed by atoms with Gasteiger partial charge in [0.25, 0.3) is 0 Å². The predicted octanol–water partition coefficient (Wildman–Crippen LogP) is 3.78. The molecule has 0 fully saturated rings. The SMILES string of the molecule is CC1(C)CCc2c3c(cc(Br)c2C(O)C1)CCO3. The molecule has 1 aromatic rings. The van der Waals surface area contributed by atoms with E-state index in [0.717, 1.165) is 48.1 Å². The van der Waals surface area contributed by atoms with Crippen molar-refractivity contribution in [3.05, 3.63) is 27.2 Å². The third-order valence-corrected chi connectivity index (χ3v) is 4.85. The van der Waals surface area contributed by atoms with Gasteiger partial charge in [0.1, 0.15) is 5.75 Å². The normalized spacial score (nSPS) is 25.0. The van der Waals surface area contributed by atoms with Crippen LogP contribution in [0.4, 0.5) is 0 Å². The quantitative estimate of drug-likeness (QED) is 0.739. The minimum Gasteiger partial charge on any atom is -0.493 e. The van der Waals surface area contributed by atoms with Crippen LogP contribution in [0.3, 0.4) is 0 Å². The molecule has 2 aliphatic rings. The highest BCUT2D eigenvalue weighted by Gasteiger charge is 2.33. The number of ether oxygens (including phenoxy) is 1. The second-order valence-corrected chi connectivity index (χ2v) is 7.08. The van der Waals surface area contributed by atoms with Crippen molar-refractivity contribution in [1.82, 2.24) is 0 Å². The maximum Gasteiger partial charge on any atom is 0.126 e. The first-order valence-electron chi connectivity index (χ1n) is 6.63. The molecule has 1 heterocycles. The number of aliphatic hydroxyl groups is 1. The second kappa shape index (κ2) is 4.24. The third-order valence-electron chi connectivity index (χ3n) is 4.20. The summed E-state index contributed by atoms with van der Waals surface area (Å²) < 4.78 is 6.84. The first kappa shape index (κ1) is 12.5. The summed E-state index contributed by atoms with van der Waals surface area (Å²) in [7, 11) is 0. The van der Waals surface area contributed by atoms with E-state index < -0.39 is 0 Å². The Balaban J connectivity index is 2.15. The van der Waals surface area contributed by atoms with Gasteiger partial charge in [-0.1, -0.05) is 29.8 Å². The van der Waals surface area contributed by atoms with E-state index in [2.05, 4.69) is 35.8 Å². The molecule has 18 heavy (non-hydrogen) atoms. The van der Waals surface area contributed by atoms with Gasteiger partial charge in [-0.3, -0.25) is 0 Å². The number of hydrogen-bond donors (Lipinski definition) is 1. The average Bonchev–Trinajstić information content (AvgIpc) is 2.67. The maximum absolute atomic E-state index is 10.5. The van der Waals surface area contributed by atoms with Crippen LogP contribution >= 0.6 is 15.9 Å². The molecule has 3 heteroatoms. The Kier molecular flexibility index (Phi) is 2.94. The molecule has 1 atom stereocenters. The zero-order chi connectivity index (χ0) is 12.9. The Labute approximate surface area is 116 Å². The third kappa shape index (κ3) is 1.97. The fraction of sp³-hybridized carbons (Fsp3) is 0.600. The van der Waals surface area contributed by atoms with E-state index in [1.807, 2.05) is 0 Å². The zero-order valence-electron chi connectivity index (χ0n) is 10.9. The van der Waals surface area contributed by atoms with Gasteiger partial charge in [0, 0.05) is 22.0 Å². The Morgan fingerprint density at radius 2 is 2.17 bits per heavy atom. The van der Waals surface area contributed by atoms with E-state index in [1.54, 1.807) is 0 Å². The molecule has 1 N–H and O–H groups in total. The molecule has 2 nitrogen and oxygen atoms in total. The first-order chi connectivity index (χ1) is 8.48. The summed E-state index contributed by atoms with van der Waals surface area (Å²) in [5.41, 5.74) is 3.76. The fourth-order valence-electron chi connectivity index (χ4n) is 3.18. The second-order valence-electron chi connectivity index (χ2n) is 6.22. The summed E-state index contributed by atoms with van der Waals surface area (Å²) in [6, 6.07) is 2.13. The summed E-state index contributed by atoms with van der Waals surface area (Å²) in [6.07, 6.45) is 3.52. The van der Waals surface area contributed by atoms with E-state index in [0.29, 0.717) is 0 Å². The van der Waals surface area contributed by atoms with Crippen LogP contribution in [-0.4, -0.2) is 11.7 Å². The van der Waals surface area contributed by atoms with E-state index in [9.17, 15) is 5.11 Å². The van der Waals surface area contributed by atoms with Gasteiger partial charge in [0.05, 0.1) is 12.7 Å². The minimum atomic E-state index is -0.388. The number of rotatable bonds is 0. The van der Waals surface area contributed by atoms with Crippen LogP contribution in [0.15, 0.2) is 10.5 Å². The lowest BCUT2D eigenvalue weighted by Crippen LogP contribution is -2.13. The average molecular weight is 311 g/mol. The largest absolute Gasteiger partial charge is 0.493 e. The smallest absolute Gasteiger partial charge is 0.126 e. The van der Waals surface area contributed by atoms with Crippen molar-refractivity contribution in [2.24, 2.45) is 5.41 Å². The van der Waals surface area contributed by atoms with Crippen molar-refractivity contribution in [3.63, 3.8) is 0 Å². The summed E-state index contributed by atoms with van der Waals surface area (Å²) >= 11 is 3.63. The lowest BCUT2D eigenvalue weighted by molar-refractivity contribution is 0.116. The molecule has 0 spiro atoms. The van der Waals surface area contributed by atoms with Gasteiger partial charge >= 0.3 is 0 Å². The molecular formula is C15H19BrO2. The van der Waals surface area contributed by atoms with Gasteiger partial charge in [-0.2, -0.15) is 0 Å². The van der Waals surface area contributed by atoms with Crippen LogP contribution in [-0.2, 0) is 12.8 Å². The molecule has 0 aromatic heterocycles. The molecule has 1 aromatic carbocycles. The lowest BCUT2D eigenvalue weighted by Gasteiger charge is -2.24. The minimum absolute atomic E-state index is 0.184. The van der Waals surface area contributed by atoms with E-state index in [4.69, 9.17) is 4.74 Å². The predicted molar refractivity (Wildman–Crippen MR) is 75.0 cm³/mol. The van der Waals surface area contributed by atoms with E-state index in [1.165, 1.54) is 11.1 Å². The topological polar surface area (TPSA) is 29.5 Å². The van der Waals surface area contributed by atoms with E-state index >= 15 is 0 Å². The highest BCUT2D eigenvalue weighted by Crippen LogP contribution is 2.47. The van der Waals surface area contributed by atoms with Crippen molar-refractivity contribution in [3.8, 4) is 5.75 Å². The van der Waals surface area contributed by atoms with Crippen LogP contribution < -0.4 is 4.74 Å². The molecule has 0 bridgehead atoms. The molecule has 0 amide bonds. The lowest BCUT2D eigenvalue weighted by atomic mass is 9.84. The van der Waals surface area contributed by atoms with Crippen LogP contribution in [0.2, 0.25) is 0 Å². The maximum atomic E-state index is 10.5. The highest BCUT2D eigenvalue weighted by atomic mass is 79.9. The van der Waals surface area contributed by atoms with Crippen LogP contribution in [0, 0.1) is 5.41 Å². The molecule has 0 radical (unpaired) electrons. The summed E-state index contributed by atoms with van der Waals surface area (Å²) in [4.78, 5) is 0. The van der Waals surface area contributed by atoms with E-state index in [-0.39, 0.29) is 11.5 Å².